The summed E-state index contributed by atoms with van der Waals surface area (Å²) in [6.45, 7) is 1.84. The number of fused-ring (bicyclic) bond motifs is 2. The van der Waals surface area contributed by atoms with E-state index in [4.69, 9.17) is 4.74 Å². The first-order chi connectivity index (χ1) is 13.3. The van der Waals surface area contributed by atoms with Gasteiger partial charge in [0.05, 0.1) is 23.2 Å². The average molecular weight is 362 g/mol. The number of para-hydroxylation sites is 3. The van der Waals surface area contributed by atoms with Gasteiger partial charge in [0.2, 0.25) is 0 Å². The van der Waals surface area contributed by atoms with Gasteiger partial charge < -0.3 is 19.6 Å². The summed E-state index contributed by atoms with van der Waals surface area (Å²) in [7, 11) is 1.68. The van der Waals surface area contributed by atoms with Crippen LogP contribution in [0.3, 0.4) is 0 Å². The van der Waals surface area contributed by atoms with Crippen LogP contribution in [0.15, 0.2) is 54.7 Å². The Morgan fingerprint density at radius 1 is 1.19 bits per heavy atom. The van der Waals surface area contributed by atoms with E-state index in [2.05, 4.69) is 19.9 Å². The number of ether oxygens (including phenoxy) is 1. The molecule has 0 saturated heterocycles. The number of amides is 1. The predicted molar refractivity (Wildman–Crippen MR) is 106 cm³/mol. The maximum Gasteiger partial charge on any atom is 0.253 e. The summed E-state index contributed by atoms with van der Waals surface area (Å²) < 4.78 is 7.23. The van der Waals surface area contributed by atoms with Crippen LogP contribution in [0.4, 0.5) is 0 Å². The van der Waals surface area contributed by atoms with Gasteiger partial charge in [-0.15, -0.1) is 0 Å². The van der Waals surface area contributed by atoms with Crippen LogP contribution in [0.1, 0.15) is 16.2 Å². The molecule has 2 N–H and O–H groups in total. The highest BCUT2D eigenvalue weighted by atomic mass is 16.5. The first-order valence-corrected chi connectivity index (χ1v) is 9.05. The molecule has 0 saturated carbocycles. The largest absolute Gasteiger partial charge is 0.383 e. The molecule has 0 atom stereocenters. The Balaban J connectivity index is 1.46. The molecular weight excluding hydrogens is 340 g/mol. The minimum atomic E-state index is -0.0709. The number of aromatic amines is 1. The van der Waals surface area contributed by atoms with E-state index >= 15 is 0 Å². The number of imidazole rings is 1. The number of aromatic nitrogens is 3. The minimum Gasteiger partial charge on any atom is -0.383 e. The molecule has 2 aromatic carbocycles. The first kappa shape index (κ1) is 17.3. The van der Waals surface area contributed by atoms with Gasteiger partial charge in [0.1, 0.15) is 5.82 Å². The molecule has 138 valence electrons. The highest BCUT2D eigenvalue weighted by Gasteiger charge is 2.14. The van der Waals surface area contributed by atoms with Crippen molar-refractivity contribution in [1.82, 2.24) is 19.9 Å². The lowest BCUT2D eigenvalue weighted by Gasteiger charge is -2.03. The highest BCUT2D eigenvalue weighted by Crippen LogP contribution is 2.21. The standard InChI is InChI=1S/C21H22N4O2/c1-27-13-12-25-14-16(15-6-2-5-9-19(15)25)21(26)22-11-10-20-23-17-7-3-4-8-18(17)24-20/h2-9,14H,10-13H2,1H3,(H,22,26)(H,23,24). The second kappa shape index (κ2) is 7.63. The summed E-state index contributed by atoms with van der Waals surface area (Å²) >= 11 is 0. The van der Waals surface area contributed by atoms with Crippen molar-refractivity contribution in [2.75, 3.05) is 20.3 Å². The maximum absolute atomic E-state index is 12.7. The number of methoxy groups -OCH3 is 1. The van der Waals surface area contributed by atoms with Gasteiger partial charge in [-0.05, 0) is 18.2 Å². The molecule has 4 rings (SSSR count). The number of benzene rings is 2. The smallest absolute Gasteiger partial charge is 0.253 e. The van der Waals surface area contributed by atoms with E-state index in [0.29, 0.717) is 31.7 Å². The fourth-order valence-electron chi connectivity index (χ4n) is 3.32. The summed E-state index contributed by atoms with van der Waals surface area (Å²) in [6, 6.07) is 15.9. The average Bonchev–Trinajstić information content (AvgIpc) is 3.27. The number of hydrogen-bond donors (Lipinski definition) is 2. The van der Waals surface area contributed by atoms with Crippen molar-refractivity contribution in [2.45, 2.75) is 13.0 Å². The van der Waals surface area contributed by atoms with Crippen molar-refractivity contribution in [1.29, 1.82) is 0 Å². The Morgan fingerprint density at radius 2 is 2.00 bits per heavy atom. The zero-order valence-electron chi connectivity index (χ0n) is 15.2. The van der Waals surface area contributed by atoms with Crippen molar-refractivity contribution < 1.29 is 9.53 Å². The molecule has 0 spiro atoms. The third-order valence-corrected chi connectivity index (χ3v) is 4.66. The molecular formula is C21H22N4O2. The normalized spacial score (nSPS) is 11.3. The van der Waals surface area contributed by atoms with Crippen LogP contribution in [0, 0.1) is 0 Å². The molecule has 0 aliphatic heterocycles. The second-order valence-electron chi connectivity index (χ2n) is 6.45. The molecule has 0 aliphatic rings. The lowest BCUT2D eigenvalue weighted by atomic mass is 10.1. The van der Waals surface area contributed by atoms with Gasteiger partial charge in [-0.2, -0.15) is 0 Å². The van der Waals surface area contributed by atoms with Crippen molar-refractivity contribution in [3.63, 3.8) is 0 Å². The summed E-state index contributed by atoms with van der Waals surface area (Å²) in [5.41, 5.74) is 3.68. The van der Waals surface area contributed by atoms with Crippen LogP contribution in [0.5, 0.6) is 0 Å². The van der Waals surface area contributed by atoms with Crippen LogP contribution in [0.25, 0.3) is 21.9 Å². The van der Waals surface area contributed by atoms with Gasteiger partial charge in [0.15, 0.2) is 0 Å². The van der Waals surface area contributed by atoms with Crippen molar-refractivity contribution in [3.8, 4) is 0 Å². The Hall–Kier alpha value is -3.12. The van der Waals surface area contributed by atoms with Gasteiger partial charge in [-0.25, -0.2) is 4.98 Å². The van der Waals surface area contributed by atoms with E-state index in [1.165, 1.54) is 0 Å². The van der Waals surface area contributed by atoms with Crippen molar-refractivity contribution in [3.05, 3.63) is 66.1 Å². The Morgan fingerprint density at radius 3 is 2.85 bits per heavy atom. The fourth-order valence-corrected chi connectivity index (χ4v) is 3.32. The Kier molecular flexibility index (Phi) is 4.89. The van der Waals surface area contributed by atoms with Gasteiger partial charge >= 0.3 is 0 Å². The number of rotatable bonds is 7. The van der Waals surface area contributed by atoms with E-state index in [1.54, 1.807) is 7.11 Å². The molecule has 0 bridgehead atoms. The Labute approximate surface area is 157 Å². The third-order valence-electron chi connectivity index (χ3n) is 4.66. The van der Waals surface area contributed by atoms with Crippen LogP contribution in [-0.2, 0) is 17.7 Å². The topological polar surface area (TPSA) is 71.9 Å². The van der Waals surface area contributed by atoms with Crippen LogP contribution in [-0.4, -0.2) is 40.7 Å². The van der Waals surface area contributed by atoms with E-state index in [1.807, 2.05) is 54.7 Å². The molecule has 2 heterocycles. The third kappa shape index (κ3) is 3.57. The summed E-state index contributed by atoms with van der Waals surface area (Å²) in [5, 5.41) is 3.96. The van der Waals surface area contributed by atoms with Crippen LogP contribution < -0.4 is 5.32 Å². The van der Waals surface area contributed by atoms with E-state index < -0.39 is 0 Å². The zero-order chi connectivity index (χ0) is 18.6. The van der Waals surface area contributed by atoms with Gasteiger partial charge in [0, 0.05) is 43.7 Å². The number of carbonyl (C=O) groups is 1. The molecule has 0 unspecified atom stereocenters. The predicted octanol–water partition coefficient (Wildman–Crippen LogP) is 3.14. The monoisotopic (exact) mass is 362 g/mol. The number of carbonyl (C=O) groups excluding carboxylic acids is 1. The van der Waals surface area contributed by atoms with E-state index in [-0.39, 0.29) is 5.91 Å². The second-order valence-corrected chi connectivity index (χ2v) is 6.45. The fraction of sp³-hybridized carbons (Fsp3) is 0.238. The minimum absolute atomic E-state index is 0.0709. The maximum atomic E-state index is 12.7. The Bertz CT molecular complexity index is 1050. The molecule has 6 nitrogen and oxygen atoms in total. The lowest BCUT2D eigenvalue weighted by Crippen LogP contribution is -2.25. The summed E-state index contributed by atoms with van der Waals surface area (Å²) in [4.78, 5) is 20.6. The number of hydrogen-bond acceptors (Lipinski definition) is 3. The first-order valence-electron chi connectivity index (χ1n) is 9.05. The number of nitrogens with zero attached hydrogens (tertiary/aromatic N) is 2. The molecule has 0 aliphatic carbocycles. The molecule has 27 heavy (non-hydrogen) atoms. The van der Waals surface area contributed by atoms with Gasteiger partial charge in [-0.3, -0.25) is 4.79 Å². The van der Waals surface area contributed by atoms with Crippen molar-refractivity contribution in [2.24, 2.45) is 0 Å². The van der Waals surface area contributed by atoms with Crippen LogP contribution >= 0.6 is 0 Å². The lowest BCUT2D eigenvalue weighted by molar-refractivity contribution is 0.0955. The van der Waals surface area contributed by atoms with Gasteiger partial charge in [0.25, 0.3) is 5.91 Å². The number of H-pyrrole nitrogens is 1. The highest BCUT2D eigenvalue weighted by molar-refractivity contribution is 6.07. The number of nitrogens with one attached hydrogen (secondary N) is 2. The molecule has 6 heteroatoms. The van der Waals surface area contributed by atoms with E-state index in [9.17, 15) is 4.79 Å². The van der Waals surface area contributed by atoms with Crippen LogP contribution in [0.2, 0.25) is 0 Å². The molecule has 0 fully saturated rings. The summed E-state index contributed by atoms with van der Waals surface area (Å²) in [5.74, 6) is 0.803. The molecule has 2 aromatic heterocycles. The molecule has 1 amide bonds. The summed E-state index contributed by atoms with van der Waals surface area (Å²) in [6.07, 6.45) is 2.56. The van der Waals surface area contributed by atoms with E-state index in [0.717, 1.165) is 27.8 Å². The molecule has 0 radical (unpaired) electrons. The molecule has 4 aromatic rings. The van der Waals surface area contributed by atoms with Gasteiger partial charge in [-0.1, -0.05) is 30.3 Å². The quantitative estimate of drug-likeness (QED) is 0.530. The van der Waals surface area contributed by atoms with Crippen molar-refractivity contribution >= 4 is 27.8 Å². The SMILES string of the molecule is COCCn1cc(C(=O)NCCc2nc3ccccc3[nH]2)c2ccccc21. The zero-order valence-corrected chi connectivity index (χ0v) is 15.2.